The van der Waals surface area contributed by atoms with Crippen molar-refractivity contribution >= 4 is 12.1 Å². The number of nitrogens with zero attached hydrogens (tertiary/aromatic N) is 1. The number of hydrazine groups is 1. The summed E-state index contributed by atoms with van der Waals surface area (Å²) in [7, 11) is 0. The molecular weight excluding hydrogens is 257 g/mol. The molecule has 1 N–H and O–H groups in total. The number of benzene rings is 1. The molecule has 0 aromatic heterocycles. The molecule has 1 fully saturated rings. The topological polar surface area (TPSA) is 32.1 Å². The van der Waals surface area contributed by atoms with Crippen LogP contribution < -0.4 is 5.43 Å². The molecule has 0 atom stereocenters. The molecule has 0 saturated carbocycles. The number of rotatable bonds is 1. The number of hydrogen-bond donors (Lipinski definition) is 1. The van der Waals surface area contributed by atoms with Gasteiger partial charge in [0.15, 0.2) is 5.54 Å². The van der Waals surface area contributed by atoms with E-state index >= 15 is 0 Å². The SMILES string of the molecule is CC1(C)CC(=O)N/[N+]1=C/c1ccc(C(F)(F)F)cc1. The molecule has 0 spiro atoms. The lowest BCUT2D eigenvalue weighted by Gasteiger charge is -2.10. The van der Waals surface area contributed by atoms with Crippen LogP contribution in [0.3, 0.4) is 0 Å². The molecule has 1 saturated heterocycles. The van der Waals surface area contributed by atoms with Gasteiger partial charge in [-0.05, 0) is 24.3 Å². The highest BCUT2D eigenvalue weighted by atomic mass is 19.4. The van der Waals surface area contributed by atoms with Crippen molar-refractivity contribution < 1.29 is 22.7 Å². The molecule has 1 aromatic rings. The highest BCUT2D eigenvalue weighted by molar-refractivity contribution is 5.80. The van der Waals surface area contributed by atoms with E-state index in [-0.39, 0.29) is 11.4 Å². The standard InChI is InChI=1S/C13H13F3N2O/c1-12(2)7-11(19)17-18(12)8-9-3-5-10(6-4-9)13(14,15)16/h3-6,8H,7H2,1-2H3/p+1/b18-8+. The third-order valence-corrected chi connectivity index (χ3v) is 3.01. The zero-order chi connectivity index (χ0) is 14.3. The summed E-state index contributed by atoms with van der Waals surface area (Å²) in [5.74, 6) is -0.104. The van der Waals surface area contributed by atoms with Crippen LogP contribution in [0.4, 0.5) is 13.2 Å². The Morgan fingerprint density at radius 2 is 1.84 bits per heavy atom. The highest BCUT2D eigenvalue weighted by Crippen LogP contribution is 2.29. The summed E-state index contributed by atoms with van der Waals surface area (Å²) in [6.45, 7) is 3.76. The fourth-order valence-corrected chi connectivity index (χ4v) is 1.92. The van der Waals surface area contributed by atoms with Crippen LogP contribution >= 0.6 is 0 Å². The number of halogens is 3. The van der Waals surface area contributed by atoms with Crippen LogP contribution in [0.25, 0.3) is 0 Å². The van der Waals surface area contributed by atoms with E-state index in [1.165, 1.54) is 12.1 Å². The van der Waals surface area contributed by atoms with E-state index in [2.05, 4.69) is 5.43 Å². The van der Waals surface area contributed by atoms with Crippen LogP contribution in [0, 0.1) is 0 Å². The van der Waals surface area contributed by atoms with E-state index in [1.54, 1.807) is 10.9 Å². The summed E-state index contributed by atoms with van der Waals surface area (Å²) in [5, 5.41) is 0. The fraction of sp³-hybridized carbons (Fsp3) is 0.385. The first-order chi connectivity index (χ1) is 8.68. The van der Waals surface area contributed by atoms with E-state index in [9.17, 15) is 18.0 Å². The zero-order valence-electron chi connectivity index (χ0n) is 10.6. The fourth-order valence-electron chi connectivity index (χ4n) is 1.92. The van der Waals surface area contributed by atoms with Gasteiger partial charge in [0.2, 0.25) is 6.21 Å². The molecule has 1 aromatic carbocycles. The number of hydrogen-bond acceptors (Lipinski definition) is 1. The van der Waals surface area contributed by atoms with Gasteiger partial charge in [-0.3, -0.25) is 4.79 Å². The second kappa shape index (κ2) is 4.36. The van der Waals surface area contributed by atoms with Gasteiger partial charge in [0.05, 0.1) is 12.0 Å². The Labute approximate surface area is 108 Å². The number of carbonyl (C=O) groups is 1. The monoisotopic (exact) mass is 271 g/mol. The Bertz CT molecular complexity index is 530. The third-order valence-electron chi connectivity index (χ3n) is 3.01. The largest absolute Gasteiger partial charge is 0.416 e. The lowest BCUT2D eigenvalue weighted by molar-refractivity contribution is -0.620. The summed E-state index contributed by atoms with van der Waals surface area (Å²) in [6.07, 6.45) is -2.35. The predicted molar refractivity (Wildman–Crippen MR) is 63.7 cm³/mol. The number of nitrogens with one attached hydrogen (secondary N) is 1. The van der Waals surface area contributed by atoms with Crippen LogP contribution in [0.15, 0.2) is 24.3 Å². The van der Waals surface area contributed by atoms with E-state index in [0.717, 1.165) is 12.1 Å². The number of alkyl halides is 3. The average molecular weight is 271 g/mol. The smallest absolute Gasteiger partial charge is 0.269 e. The number of carbonyl (C=O) groups excluding carboxylic acids is 1. The maximum absolute atomic E-state index is 12.4. The molecule has 0 radical (unpaired) electrons. The normalized spacial score (nSPS) is 20.7. The van der Waals surface area contributed by atoms with Gasteiger partial charge in [0.1, 0.15) is 0 Å². The van der Waals surface area contributed by atoms with Gasteiger partial charge in [0.25, 0.3) is 5.91 Å². The minimum atomic E-state index is -4.33. The number of hydrazone groups is 1. The summed E-state index contributed by atoms with van der Waals surface area (Å²) < 4.78 is 38.9. The van der Waals surface area contributed by atoms with Crippen molar-refractivity contribution in [3.63, 3.8) is 0 Å². The molecule has 19 heavy (non-hydrogen) atoms. The van der Waals surface area contributed by atoms with Crippen molar-refractivity contribution in [3.8, 4) is 0 Å². The van der Waals surface area contributed by atoms with E-state index in [1.807, 2.05) is 13.8 Å². The van der Waals surface area contributed by atoms with Crippen LogP contribution in [-0.2, 0) is 11.0 Å². The van der Waals surface area contributed by atoms with Crippen LogP contribution in [0.1, 0.15) is 31.4 Å². The molecule has 1 aliphatic heterocycles. The van der Waals surface area contributed by atoms with Gasteiger partial charge in [-0.15, -0.1) is 10.1 Å². The van der Waals surface area contributed by atoms with E-state index in [0.29, 0.717) is 12.0 Å². The number of amides is 1. The molecule has 6 heteroatoms. The van der Waals surface area contributed by atoms with Gasteiger partial charge in [-0.25, -0.2) is 0 Å². The third kappa shape index (κ3) is 2.94. The van der Waals surface area contributed by atoms with Gasteiger partial charge < -0.3 is 0 Å². The van der Waals surface area contributed by atoms with Crippen molar-refractivity contribution in [1.82, 2.24) is 5.43 Å². The molecule has 0 aliphatic carbocycles. The average Bonchev–Trinajstić information content (AvgIpc) is 2.51. The minimum absolute atomic E-state index is 0.104. The zero-order valence-corrected chi connectivity index (χ0v) is 10.6. The van der Waals surface area contributed by atoms with Crippen molar-refractivity contribution in [1.29, 1.82) is 0 Å². The highest BCUT2D eigenvalue weighted by Gasteiger charge is 2.42. The first-order valence-corrected chi connectivity index (χ1v) is 5.79. The second-order valence-corrected chi connectivity index (χ2v) is 5.14. The molecule has 1 amide bonds. The maximum atomic E-state index is 12.4. The molecule has 0 unspecified atom stereocenters. The first-order valence-electron chi connectivity index (χ1n) is 5.79. The Morgan fingerprint density at radius 1 is 1.26 bits per heavy atom. The summed E-state index contributed by atoms with van der Waals surface area (Å²) in [6, 6.07) is 4.81. The van der Waals surface area contributed by atoms with Crippen molar-refractivity contribution in [2.45, 2.75) is 32.0 Å². The lowest BCUT2D eigenvalue weighted by atomic mass is 10.0. The lowest BCUT2D eigenvalue weighted by Crippen LogP contribution is -2.36. The van der Waals surface area contributed by atoms with Crippen molar-refractivity contribution in [2.24, 2.45) is 0 Å². The minimum Gasteiger partial charge on any atom is -0.269 e. The van der Waals surface area contributed by atoms with Crippen LogP contribution in [0.2, 0.25) is 0 Å². The summed E-state index contributed by atoms with van der Waals surface area (Å²) in [5.41, 5.74) is 2.18. The molecule has 102 valence electrons. The van der Waals surface area contributed by atoms with Gasteiger partial charge in [-0.2, -0.15) is 13.2 Å². The summed E-state index contributed by atoms with van der Waals surface area (Å²) >= 11 is 0. The summed E-state index contributed by atoms with van der Waals surface area (Å²) in [4.78, 5) is 11.3. The maximum Gasteiger partial charge on any atom is 0.416 e. The molecule has 0 bridgehead atoms. The molecular formula is C13H14F3N2O+. The molecule has 1 heterocycles. The molecule has 3 nitrogen and oxygen atoms in total. The Hall–Kier alpha value is -1.85. The van der Waals surface area contributed by atoms with Crippen molar-refractivity contribution in [3.05, 3.63) is 35.4 Å². The molecule has 2 rings (SSSR count). The van der Waals surface area contributed by atoms with Crippen LogP contribution in [0.5, 0.6) is 0 Å². The van der Waals surface area contributed by atoms with Gasteiger partial charge >= 0.3 is 6.18 Å². The predicted octanol–water partition coefficient (Wildman–Crippen LogP) is 2.35. The quantitative estimate of drug-likeness (QED) is 0.781. The van der Waals surface area contributed by atoms with Crippen molar-refractivity contribution in [2.75, 3.05) is 0 Å². The van der Waals surface area contributed by atoms with E-state index in [4.69, 9.17) is 0 Å². The van der Waals surface area contributed by atoms with Gasteiger partial charge in [0, 0.05) is 19.4 Å². The Morgan fingerprint density at radius 3 is 2.26 bits per heavy atom. The van der Waals surface area contributed by atoms with Gasteiger partial charge in [-0.1, -0.05) is 0 Å². The van der Waals surface area contributed by atoms with E-state index < -0.39 is 11.7 Å². The Kier molecular flexibility index (Phi) is 3.12. The molecule has 1 aliphatic rings. The first kappa shape index (κ1) is 13.6. The second-order valence-electron chi connectivity index (χ2n) is 5.14. The van der Waals surface area contributed by atoms with Crippen LogP contribution in [-0.4, -0.2) is 22.3 Å². The Balaban J connectivity index is 2.27.